The highest BCUT2D eigenvalue weighted by atomic mass is 16.2. The van der Waals surface area contributed by atoms with Crippen LogP contribution >= 0.6 is 0 Å². The van der Waals surface area contributed by atoms with Gasteiger partial charge < -0.3 is 10.2 Å². The Kier molecular flexibility index (Phi) is 4.92. The van der Waals surface area contributed by atoms with Gasteiger partial charge in [-0.25, -0.2) is 4.98 Å². The first-order valence-corrected chi connectivity index (χ1v) is 7.46. The van der Waals surface area contributed by atoms with Crippen molar-refractivity contribution in [2.75, 3.05) is 13.6 Å². The number of hydrogen-bond acceptors (Lipinski definition) is 3. The average Bonchev–Trinajstić information content (AvgIpc) is 2.36. The van der Waals surface area contributed by atoms with Crippen LogP contribution in [-0.2, 0) is 11.3 Å². The Hall–Kier alpha value is -2.21. The lowest BCUT2D eigenvalue weighted by atomic mass is 10.3. The number of amides is 1. The second kappa shape index (κ2) is 6.70. The molecule has 0 saturated heterocycles. The zero-order valence-electron chi connectivity index (χ0n) is 13.5. The van der Waals surface area contributed by atoms with Crippen molar-refractivity contribution in [2.24, 2.45) is 0 Å². The third-order valence-electron chi connectivity index (χ3n) is 3.33. The fourth-order valence-corrected chi connectivity index (χ4v) is 2.47. The molecule has 0 bridgehead atoms. The molecule has 6 heteroatoms. The van der Waals surface area contributed by atoms with Gasteiger partial charge in [-0.1, -0.05) is 6.07 Å². The van der Waals surface area contributed by atoms with Crippen LogP contribution in [0.3, 0.4) is 0 Å². The molecule has 1 atom stereocenters. The molecule has 2 heterocycles. The molecule has 0 aliphatic rings. The number of aromatic nitrogens is 2. The summed E-state index contributed by atoms with van der Waals surface area (Å²) in [7, 11) is 1.92. The van der Waals surface area contributed by atoms with Gasteiger partial charge in [-0.15, -0.1) is 0 Å². The summed E-state index contributed by atoms with van der Waals surface area (Å²) < 4.78 is 1.59. The van der Waals surface area contributed by atoms with E-state index in [1.54, 1.807) is 10.5 Å². The summed E-state index contributed by atoms with van der Waals surface area (Å²) in [4.78, 5) is 29.5. The predicted octanol–water partition coefficient (Wildman–Crippen LogP) is -0.458. The second-order valence-electron chi connectivity index (χ2n) is 5.98. The highest BCUT2D eigenvalue weighted by Gasteiger charge is 2.13. The number of nitrogens with zero attached hydrogens (tertiary/aromatic N) is 2. The monoisotopic (exact) mass is 303 g/mol. The number of rotatable bonds is 5. The van der Waals surface area contributed by atoms with Gasteiger partial charge in [0.2, 0.25) is 0 Å². The van der Waals surface area contributed by atoms with Crippen LogP contribution in [0.4, 0.5) is 0 Å². The van der Waals surface area contributed by atoms with Crippen LogP contribution in [-0.4, -0.2) is 34.9 Å². The maximum Gasteiger partial charge on any atom is 0.275 e. The molecule has 0 spiro atoms. The van der Waals surface area contributed by atoms with Crippen LogP contribution in [0.25, 0.3) is 5.65 Å². The molecule has 1 unspecified atom stereocenters. The van der Waals surface area contributed by atoms with Crippen LogP contribution in [0.15, 0.2) is 29.1 Å². The molecule has 22 heavy (non-hydrogen) atoms. The molecule has 0 radical (unpaired) electrons. The van der Waals surface area contributed by atoms with E-state index in [9.17, 15) is 9.59 Å². The molecule has 0 aliphatic heterocycles. The Bertz CT molecular complexity index is 736. The minimum atomic E-state index is -0.0856. The predicted molar refractivity (Wildman–Crippen MR) is 84.9 cm³/mol. The first-order valence-electron chi connectivity index (χ1n) is 7.46. The van der Waals surface area contributed by atoms with Gasteiger partial charge in [0.15, 0.2) is 6.54 Å². The van der Waals surface area contributed by atoms with Crippen LogP contribution in [0.5, 0.6) is 0 Å². The Labute approximate surface area is 129 Å². The summed E-state index contributed by atoms with van der Waals surface area (Å²) in [5.41, 5.74) is 2.11. The number of quaternary nitrogens is 1. The molecule has 0 saturated carbocycles. The number of likely N-dealkylation sites (N-methyl/N-ethyl adjacent to an activating group) is 1. The number of aryl methyl sites for hydroxylation is 1. The molecule has 0 aromatic carbocycles. The van der Waals surface area contributed by atoms with Gasteiger partial charge in [0.05, 0.1) is 7.05 Å². The third kappa shape index (κ3) is 3.92. The number of carbonyl (C=O) groups is 1. The van der Waals surface area contributed by atoms with Crippen molar-refractivity contribution in [3.05, 3.63) is 46.0 Å². The van der Waals surface area contributed by atoms with E-state index in [2.05, 4.69) is 10.3 Å². The van der Waals surface area contributed by atoms with Crippen molar-refractivity contribution >= 4 is 11.6 Å². The van der Waals surface area contributed by atoms with Crippen LogP contribution in [0, 0.1) is 6.92 Å². The quantitative estimate of drug-likeness (QED) is 0.786. The molecule has 1 amide bonds. The molecule has 2 N–H and O–H groups in total. The maximum absolute atomic E-state index is 12.2. The highest BCUT2D eigenvalue weighted by Crippen LogP contribution is 2.02. The zero-order valence-corrected chi connectivity index (χ0v) is 13.5. The molecule has 2 rings (SSSR count). The van der Waals surface area contributed by atoms with E-state index in [-0.39, 0.29) is 17.5 Å². The molecule has 118 valence electrons. The third-order valence-corrected chi connectivity index (χ3v) is 3.33. The summed E-state index contributed by atoms with van der Waals surface area (Å²) in [6.45, 7) is 6.63. The SMILES string of the molecule is Cc1cccc2nc(C[NH+](C)CC(=O)NC(C)C)cc(=O)n12. The van der Waals surface area contributed by atoms with Gasteiger partial charge in [-0.2, -0.15) is 0 Å². The summed E-state index contributed by atoms with van der Waals surface area (Å²) in [5, 5.41) is 2.86. The number of carbonyl (C=O) groups excluding carboxylic acids is 1. The van der Waals surface area contributed by atoms with Crippen molar-refractivity contribution in [3.8, 4) is 0 Å². The van der Waals surface area contributed by atoms with Crippen molar-refractivity contribution in [1.82, 2.24) is 14.7 Å². The van der Waals surface area contributed by atoms with E-state index in [0.717, 1.165) is 10.6 Å². The first kappa shape index (κ1) is 16.2. The maximum atomic E-state index is 12.2. The van der Waals surface area contributed by atoms with Gasteiger partial charge in [0.25, 0.3) is 11.5 Å². The van der Waals surface area contributed by atoms with Crippen molar-refractivity contribution < 1.29 is 9.69 Å². The minimum absolute atomic E-state index is 0.000792. The lowest BCUT2D eigenvalue weighted by molar-refractivity contribution is -0.885. The average molecular weight is 303 g/mol. The van der Waals surface area contributed by atoms with Crippen LogP contribution in [0.2, 0.25) is 0 Å². The molecule has 2 aromatic heterocycles. The van der Waals surface area contributed by atoms with E-state index in [4.69, 9.17) is 0 Å². The lowest BCUT2D eigenvalue weighted by Gasteiger charge is -2.15. The fourth-order valence-electron chi connectivity index (χ4n) is 2.47. The Morgan fingerprint density at radius 3 is 2.82 bits per heavy atom. The second-order valence-corrected chi connectivity index (χ2v) is 5.98. The smallest absolute Gasteiger partial charge is 0.275 e. The molecule has 0 fully saturated rings. The molecular formula is C16H23N4O2+. The summed E-state index contributed by atoms with van der Waals surface area (Å²) >= 11 is 0. The first-order chi connectivity index (χ1) is 10.4. The Balaban J connectivity index is 2.15. The van der Waals surface area contributed by atoms with Gasteiger partial charge in [0, 0.05) is 17.8 Å². The van der Waals surface area contributed by atoms with Gasteiger partial charge in [-0.3, -0.25) is 14.0 Å². The summed E-state index contributed by atoms with van der Waals surface area (Å²) in [6, 6.07) is 7.26. The van der Waals surface area contributed by atoms with Crippen LogP contribution in [0.1, 0.15) is 25.2 Å². The number of nitrogens with one attached hydrogen (secondary N) is 2. The topological polar surface area (TPSA) is 67.9 Å². The summed E-state index contributed by atoms with van der Waals surface area (Å²) in [6.07, 6.45) is 0. The van der Waals surface area contributed by atoms with Gasteiger partial charge in [-0.05, 0) is 32.9 Å². The lowest BCUT2D eigenvalue weighted by Crippen LogP contribution is -3.09. The molecule has 6 nitrogen and oxygen atoms in total. The van der Waals surface area contributed by atoms with E-state index in [1.165, 1.54) is 0 Å². The van der Waals surface area contributed by atoms with Crippen molar-refractivity contribution in [2.45, 2.75) is 33.4 Å². The minimum Gasteiger partial charge on any atom is -0.349 e. The largest absolute Gasteiger partial charge is 0.349 e. The van der Waals surface area contributed by atoms with E-state index < -0.39 is 0 Å². The van der Waals surface area contributed by atoms with E-state index >= 15 is 0 Å². The summed E-state index contributed by atoms with van der Waals surface area (Å²) in [5.74, 6) is 0.000792. The van der Waals surface area contributed by atoms with E-state index in [1.807, 2.05) is 46.0 Å². The number of fused-ring (bicyclic) bond motifs is 1. The van der Waals surface area contributed by atoms with Crippen molar-refractivity contribution in [1.29, 1.82) is 0 Å². The van der Waals surface area contributed by atoms with Crippen molar-refractivity contribution in [3.63, 3.8) is 0 Å². The Morgan fingerprint density at radius 2 is 2.14 bits per heavy atom. The molecular weight excluding hydrogens is 280 g/mol. The molecule has 2 aromatic rings. The van der Waals surface area contributed by atoms with E-state index in [0.29, 0.717) is 24.4 Å². The number of pyridine rings is 1. The van der Waals surface area contributed by atoms with Gasteiger partial charge >= 0.3 is 0 Å². The van der Waals surface area contributed by atoms with Crippen LogP contribution < -0.4 is 15.8 Å². The Morgan fingerprint density at radius 1 is 1.41 bits per heavy atom. The van der Waals surface area contributed by atoms with Gasteiger partial charge in [0.1, 0.15) is 17.9 Å². The molecule has 0 aliphatic carbocycles. The zero-order chi connectivity index (χ0) is 16.3. The highest BCUT2D eigenvalue weighted by molar-refractivity contribution is 5.77. The standard InChI is InChI=1S/C16H22N4O2/c1-11(2)17-15(21)10-19(4)9-13-8-16(22)20-12(3)6-5-7-14(20)18-13/h5-8,11H,9-10H2,1-4H3,(H,17,21)/p+1. The number of hydrogen-bond donors (Lipinski definition) is 2. The fraction of sp³-hybridized carbons (Fsp3) is 0.438. The normalized spacial score (nSPS) is 12.6.